The van der Waals surface area contributed by atoms with Crippen LogP contribution in [0.5, 0.6) is 0 Å². The fourth-order valence-electron chi connectivity index (χ4n) is 4.48. The number of hydrogen-bond donors (Lipinski definition) is 1. The van der Waals surface area contributed by atoms with Gasteiger partial charge in [0.2, 0.25) is 5.91 Å². The summed E-state index contributed by atoms with van der Waals surface area (Å²) in [6.07, 6.45) is 15.8. The molecule has 1 saturated heterocycles. The Morgan fingerprint density at radius 3 is 2.90 bits per heavy atom. The fourth-order valence-corrected chi connectivity index (χ4v) is 4.48. The number of carbonyl (C=O) groups excluding carboxylic acids is 1. The number of aromatic nitrogens is 3. The van der Waals surface area contributed by atoms with Crippen molar-refractivity contribution in [1.82, 2.24) is 19.9 Å². The van der Waals surface area contributed by atoms with Crippen LogP contribution in [0.25, 0.3) is 11.6 Å². The summed E-state index contributed by atoms with van der Waals surface area (Å²) in [6.45, 7) is 5.54. The van der Waals surface area contributed by atoms with Crippen molar-refractivity contribution in [1.29, 1.82) is 0 Å². The molecule has 0 radical (unpaired) electrons. The largest absolute Gasteiger partial charge is 0.344 e. The Kier molecular flexibility index (Phi) is 4.46. The number of rotatable bonds is 3. The van der Waals surface area contributed by atoms with Gasteiger partial charge in [-0.05, 0) is 59.9 Å². The molecule has 0 bridgehead atoms. The normalized spacial score (nSPS) is 23.0. The molecule has 1 aliphatic carbocycles. The van der Waals surface area contributed by atoms with E-state index in [-0.39, 0.29) is 5.91 Å². The summed E-state index contributed by atoms with van der Waals surface area (Å²) < 4.78 is 0. The minimum atomic E-state index is 0.0709. The Morgan fingerprint density at radius 2 is 2.07 bits per heavy atom. The van der Waals surface area contributed by atoms with Crippen molar-refractivity contribution < 1.29 is 4.79 Å². The van der Waals surface area contributed by atoms with Crippen LogP contribution in [0.2, 0.25) is 0 Å². The van der Waals surface area contributed by atoms with Crippen LogP contribution in [0, 0.1) is 11.8 Å². The molecule has 1 N–H and O–H groups in total. The first-order chi connectivity index (χ1) is 14.2. The number of pyridine rings is 1. The first kappa shape index (κ1) is 17.8. The van der Waals surface area contributed by atoms with Gasteiger partial charge in [0.25, 0.3) is 0 Å². The van der Waals surface area contributed by atoms with Gasteiger partial charge in [-0.15, -0.1) is 0 Å². The van der Waals surface area contributed by atoms with Crippen molar-refractivity contribution in [2.24, 2.45) is 11.8 Å². The molecule has 0 aromatic carbocycles. The van der Waals surface area contributed by atoms with E-state index in [0.717, 1.165) is 55.0 Å². The second kappa shape index (κ2) is 7.28. The lowest BCUT2D eigenvalue weighted by Crippen LogP contribution is -2.27. The van der Waals surface area contributed by atoms with E-state index in [2.05, 4.69) is 39.0 Å². The molecule has 2 atom stereocenters. The highest BCUT2D eigenvalue weighted by atomic mass is 16.2. The molecule has 0 saturated carbocycles. The van der Waals surface area contributed by atoms with Crippen LogP contribution in [0.15, 0.2) is 55.4 Å². The molecule has 3 aliphatic rings. The van der Waals surface area contributed by atoms with Crippen LogP contribution in [0.1, 0.15) is 29.5 Å². The van der Waals surface area contributed by atoms with Crippen molar-refractivity contribution in [2.75, 3.05) is 18.4 Å². The number of nitrogens with one attached hydrogen (secondary N) is 1. The Labute approximate surface area is 170 Å². The molecule has 6 nitrogen and oxygen atoms in total. The number of likely N-dealkylation sites (tertiary alicyclic amines) is 1. The summed E-state index contributed by atoms with van der Waals surface area (Å²) in [5.74, 6) is 1.87. The topological polar surface area (TPSA) is 71.0 Å². The smallest absolute Gasteiger partial charge is 0.246 e. The van der Waals surface area contributed by atoms with Gasteiger partial charge in [0.05, 0.1) is 0 Å². The molecule has 2 aromatic rings. The summed E-state index contributed by atoms with van der Waals surface area (Å²) in [6, 6.07) is 2.10. The maximum Gasteiger partial charge on any atom is 0.246 e. The van der Waals surface area contributed by atoms with Gasteiger partial charge in [0.15, 0.2) is 0 Å². The highest BCUT2D eigenvalue weighted by Crippen LogP contribution is 2.40. The summed E-state index contributed by atoms with van der Waals surface area (Å²) >= 11 is 0. The zero-order valence-electron chi connectivity index (χ0n) is 16.2. The number of anilines is 1. The van der Waals surface area contributed by atoms with Crippen LogP contribution in [-0.4, -0.2) is 38.8 Å². The van der Waals surface area contributed by atoms with Crippen molar-refractivity contribution in [3.8, 4) is 0 Å². The standard InChI is InChI=1S/C23H23N5O/c1-15-2-4-17-6-16(9-26-23(17)27-15)3-5-22(29)28-12-19-7-18(8-20(19)13-28)21-10-24-14-25-11-21/h3,5-7,9-11,14,19-20H,1-2,4,8,12-13H2,(H,26,27)/b5-3+. The van der Waals surface area contributed by atoms with Gasteiger partial charge in [-0.25, -0.2) is 15.0 Å². The van der Waals surface area contributed by atoms with E-state index in [1.807, 2.05) is 23.4 Å². The molecule has 0 spiro atoms. The minimum Gasteiger partial charge on any atom is -0.344 e. The van der Waals surface area contributed by atoms with E-state index in [1.165, 1.54) is 11.1 Å². The van der Waals surface area contributed by atoms with Crippen LogP contribution in [0.3, 0.4) is 0 Å². The predicted molar refractivity (Wildman–Crippen MR) is 113 cm³/mol. The van der Waals surface area contributed by atoms with Crippen LogP contribution >= 0.6 is 0 Å². The van der Waals surface area contributed by atoms with Crippen molar-refractivity contribution in [3.63, 3.8) is 0 Å². The molecular weight excluding hydrogens is 362 g/mol. The Balaban J connectivity index is 1.23. The van der Waals surface area contributed by atoms with E-state index >= 15 is 0 Å². The van der Waals surface area contributed by atoms with Gasteiger partial charge >= 0.3 is 0 Å². The van der Waals surface area contributed by atoms with E-state index in [1.54, 1.807) is 18.6 Å². The monoisotopic (exact) mass is 385 g/mol. The second-order valence-electron chi connectivity index (χ2n) is 8.03. The van der Waals surface area contributed by atoms with Gasteiger partial charge in [0.1, 0.15) is 12.1 Å². The number of carbonyl (C=O) groups is 1. The quantitative estimate of drug-likeness (QED) is 0.821. The van der Waals surface area contributed by atoms with Gasteiger partial charge in [-0.1, -0.05) is 12.7 Å². The van der Waals surface area contributed by atoms with Gasteiger partial charge in [0, 0.05) is 49.0 Å². The first-order valence-electron chi connectivity index (χ1n) is 10.0. The SMILES string of the molecule is C=C1CCc2cc(/C=C/C(=O)N3CC4C=C(c5cncnc5)CC4C3)cnc2N1. The Bertz CT molecular complexity index is 1030. The van der Waals surface area contributed by atoms with Crippen molar-refractivity contribution in [2.45, 2.75) is 19.3 Å². The molecular formula is C23H23N5O. The third kappa shape index (κ3) is 3.58. The van der Waals surface area contributed by atoms with Crippen LogP contribution < -0.4 is 5.32 Å². The average molecular weight is 385 g/mol. The highest BCUT2D eigenvalue weighted by molar-refractivity contribution is 5.92. The Hall–Kier alpha value is -3.28. The number of hydrogen-bond acceptors (Lipinski definition) is 5. The van der Waals surface area contributed by atoms with Crippen molar-refractivity contribution >= 4 is 23.4 Å². The molecule has 2 unspecified atom stereocenters. The van der Waals surface area contributed by atoms with Crippen molar-refractivity contribution in [3.05, 3.63) is 72.1 Å². The first-order valence-corrected chi connectivity index (χ1v) is 10.0. The molecule has 2 aliphatic heterocycles. The molecule has 4 heterocycles. The zero-order chi connectivity index (χ0) is 19.8. The molecule has 1 fully saturated rings. The minimum absolute atomic E-state index is 0.0709. The Morgan fingerprint density at radius 1 is 1.21 bits per heavy atom. The maximum atomic E-state index is 12.7. The summed E-state index contributed by atoms with van der Waals surface area (Å²) in [7, 11) is 0. The third-order valence-electron chi connectivity index (χ3n) is 6.03. The average Bonchev–Trinajstić information content (AvgIpc) is 3.32. The predicted octanol–water partition coefficient (Wildman–Crippen LogP) is 3.32. The molecule has 146 valence electrons. The van der Waals surface area contributed by atoms with Gasteiger partial charge < -0.3 is 10.2 Å². The number of nitrogens with zero attached hydrogens (tertiary/aromatic N) is 4. The molecule has 6 heteroatoms. The second-order valence-corrected chi connectivity index (χ2v) is 8.03. The number of allylic oxidation sites excluding steroid dienone is 2. The fraction of sp³-hybridized carbons (Fsp3) is 0.304. The van der Waals surface area contributed by atoms with E-state index in [9.17, 15) is 4.79 Å². The summed E-state index contributed by atoms with van der Waals surface area (Å²) in [5, 5.41) is 3.22. The highest BCUT2D eigenvalue weighted by Gasteiger charge is 2.37. The van der Waals surface area contributed by atoms with E-state index in [0.29, 0.717) is 11.8 Å². The lowest BCUT2D eigenvalue weighted by atomic mass is 9.99. The number of fused-ring (bicyclic) bond motifs is 2. The molecule has 29 heavy (non-hydrogen) atoms. The van der Waals surface area contributed by atoms with Gasteiger partial charge in [-0.3, -0.25) is 4.79 Å². The summed E-state index contributed by atoms with van der Waals surface area (Å²) in [5.41, 5.74) is 5.53. The van der Waals surface area contributed by atoms with Crippen LogP contribution in [-0.2, 0) is 11.2 Å². The molecule has 1 amide bonds. The number of aryl methyl sites for hydroxylation is 1. The molecule has 2 aromatic heterocycles. The molecule has 5 rings (SSSR count). The lowest BCUT2D eigenvalue weighted by molar-refractivity contribution is -0.125. The van der Waals surface area contributed by atoms with E-state index in [4.69, 9.17) is 0 Å². The van der Waals surface area contributed by atoms with Gasteiger partial charge in [-0.2, -0.15) is 0 Å². The zero-order valence-corrected chi connectivity index (χ0v) is 16.2. The number of amides is 1. The lowest BCUT2D eigenvalue weighted by Gasteiger charge is -2.19. The van der Waals surface area contributed by atoms with E-state index < -0.39 is 0 Å². The maximum absolute atomic E-state index is 12.7. The summed E-state index contributed by atoms with van der Waals surface area (Å²) in [4.78, 5) is 27.3. The third-order valence-corrected chi connectivity index (χ3v) is 6.03. The van der Waals surface area contributed by atoms with Crippen LogP contribution in [0.4, 0.5) is 5.82 Å².